The molecule has 3 rings (SSSR count). The first-order chi connectivity index (χ1) is 12.0. The third-order valence-corrected chi connectivity index (χ3v) is 4.29. The summed E-state index contributed by atoms with van der Waals surface area (Å²) in [4.78, 5) is 17.0. The minimum atomic E-state index is -0.506. The molecule has 1 atom stereocenters. The Labute approximate surface area is 159 Å². The summed E-state index contributed by atoms with van der Waals surface area (Å²) in [7, 11) is 0. The molecule has 0 aliphatic carbocycles. The summed E-state index contributed by atoms with van der Waals surface area (Å²) in [5, 5.41) is 15.5. The molecule has 1 aromatic heterocycles. The maximum absolute atomic E-state index is 12.5. The summed E-state index contributed by atoms with van der Waals surface area (Å²) in [6.45, 7) is 2.19. The molecule has 0 saturated heterocycles. The number of rotatable bonds is 6. The van der Waals surface area contributed by atoms with Gasteiger partial charge in [0.2, 0.25) is 11.9 Å². The molecule has 3 N–H and O–H groups in total. The van der Waals surface area contributed by atoms with Gasteiger partial charge in [0, 0.05) is 15.8 Å². The fourth-order valence-electron chi connectivity index (χ4n) is 2.52. The lowest BCUT2D eigenvalue weighted by molar-refractivity contribution is -0.116. The predicted octanol–water partition coefficient (Wildman–Crippen LogP) is 3.07. The average Bonchev–Trinajstić information content (AvgIpc) is 2.91. The summed E-state index contributed by atoms with van der Waals surface area (Å²) in [5.74, 6) is 0.435. The fourth-order valence-corrected chi connectivity index (χ4v) is 3.06. The van der Waals surface area contributed by atoms with E-state index in [9.17, 15) is 9.90 Å². The Kier molecular flexibility index (Phi) is 5.54. The lowest BCUT2D eigenvalue weighted by Gasteiger charge is -2.12. The molecular formula is C18H19IN4O2. The van der Waals surface area contributed by atoms with Gasteiger partial charge in [-0.25, -0.2) is 4.98 Å². The van der Waals surface area contributed by atoms with Crippen LogP contribution < -0.4 is 10.6 Å². The second-order valence-electron chi connectivity index (χ2n) is 5.80. The maximum atomic E-state index is 12.5. The van der Waals surface area contributed by atoms with Crippen molar-refractivity contribution in [3.63, 3.8) is 0 Å². The van der Waals surface area contributed by atoms with Crippen LogP contribution in [-0.4, -0.2) is 33.2 Å². The van der Waals surface area contributed by atoms with Crippen molar-refractivity contribution in [2.75, 3.05) is 17.2 Å². The lowest BCUT2D eigenvalue weighted by atomic mass is 10.3. The third-order valence-electron chi connectivity index (χ3n) is 3.62. The number of imidazole rings is 1. The summed E-state index contributed by atoms with van der Waals surface area (Å²) in [6, 6.07) is 15.3. The maximum Gasteiger partial charge on any atom is 0.244 e. The molecule has 7 heteroatoms. The highest BCUT2D eigenvalue weighted by atomic mass is 127. The largest absolute Gasteiger partial charge is 0.392 e. The van der Waals surface area contributed by atoms with Crippen molar-refractivity contribution >= 4 is 51.2 Å². The van der Waals surface area contributed by atoms with Gasteiger partial charge < -0.3 is 20.3 Å². The Bertz CT molecular complexity index is 892. The van der Waals surface area contributed by atoms with E-state index in [1.165, 1.54) is 0 Å². The van der Waals surface area contributed by atoms with Crippen LogP contribution in [0.1, 0.15) is 6.92 Å². The van der Waals surface area contributed by atoms with Gasteiger partial charge in [-0.05, 0) is 59.8 Å². The minimum Gasteiger partial charge on any atom is -0.392 e. The summed E-state index contributed by atoms with van der Waals surface area (Å²) in [6.07, 6.45) is -0.506. The number of aliphatic hydroxyl groups is 1. The van der Waals surface area contributed by atoms with Crippen LogP contribution in [0.15, 0.2) is 48.5 Å². The number of para-hydroxylation sites is 2. The molecule has 0 unspecified atom stereocenters. The standard InChI is InChI=1S/C18H19IN4O2/c1-12(24)10-20-18-22-15-7-2-3-8-16(15)23(18)11-17(25)21-14-6-4-5-13(19)9-14/h2-9,12,24H,10-11H2,1H3,(H,20,22)(H,21,25)/t12-/m0/s1. The molecule has 6 nitrogen and oxygen atoms in total. The second kappa shape index (κ2) is 7.83. The van der Waals surface area contributed by atoms with Gasteiger partial charge in [-0.15, -0.1) is 0 Å². The fraction of sp³-hybridized carbons (Fsp3) is 0.222. The zero-order valence-corrected chi connectivity index (χ0v) is 15.9. The monoisotopic (exact) mass is 450 g/mol. The molecule has 25 heavy (non-hydrogen) atoms. The summed E-state index contributed by atoms with van der Waals surface area (Å²) in [5.41, 5.74) is 2.44. The van der Waals surface area contributed by atoms with Crippen LogP contribution in [0.25, 0.3) is 11.0 Å². The number of aromatic nitrogens is 2. The van der Waals surface area contributed by atoms with Gasteiger partial charge in [-0.3, -0.25) is 4.79 Å². The molecule has 0 bridgehead atoms. The van der Waals surface area contributed by atoms with Gasteiger partial charge >= 0.3 is 0 Å². The van der Waals surface area contributed by atoms with Crippen molar-refractivity contribution in [2.45, 2.75) is 19.6 Å². The summed E-state index contributed by atoms with van der Waals surface area (Å²) >= 11 is 2.21. The SMILES string of the molecule is C[C@H](O)CNc1nc2ccccc2n1CC(=O)Nc1cccc(I)c1. The van der Waals surface area contributed by atoms with Crippen molar-refractivity contribution in [1.82, 2.24) is 9.55 Å². The van der Waals surface area contributed by atoms with Gasteiger partial charge in [-0.2, -0.15) is 0 Å². The van der Waals surface area contributed by atoms with Crippen molar-refractivity contribution in [3.8, 4) is 0 Å². The van der Waals surface area contributed by atoms with E-state index in [1.54, 1.807) is 6.92 Å². The van der Waals surface area contributed by atoms with E-state index in [4.69, 9.17) is 0 Å². The second-order valence-corrected chi connectivity index (χ2v) is 7.04. The number of amides is 1. The normalized spacial score (nSPS) is 12.1. The molecular weight excluding hydrogens is 431 g/mol. The molecule has 0 fully saturated rings. The third kappa shape index (κ3) is 4.49. The quantitative estimate of drug-likeness (QED) is 0.505. The number of benzene rings is 2. The van der Waals surface area contributed by atoms with Crippen LogP contribution in [0, 0.1) is 3.57 Å². The van der Waals surface area contributed by atoms with Crippen LogP contribution >= 0.6 is 22.6 Å². The van der Waals surface area contributed by atoms with Crippen molar-refractivity contribution in [2.24, 2.45) is 0 Å². The summed E-state index contributed by atoms with van der Waals surface area (Å²) < 4.78 is 2.88. The molecule has 2 aromatic carbocycles. The van der Waals surface area contributed by atoms with Crippen molar-refractivity contribution in [1.29, 1.82) is 0 Å². The first-order valence-corrected chi connectivity index (χ1v) is 9.03. The van der Waals surface area contributed by atoms with E-state index < -0.39 is 6.10 Å². The predicted molar refractivity (Wildman–Crippen MR) is 108 cm³/mol. The van der Waals surface area contributed by atoms with E-state index in [0.29, 0.717) is 12.5 Å². The van der Waals surface area contributed by atoms with Crippen LogP contribution in [0.3, 0.4) is 0 Å². The molecule has 0 radical (unpaired) electrons. The molecule has 0 aliphatic rings. The number of nitrogens with zero attached hydrogens (tertiary/aromatic N) is 2. The number of aliphatic hydroxyl groups excluding tert-OH is 1. The number of carbonyl (C=O) groups is 1. The first kappa shape index (κ1) is 17.7. The molecule has 1 heterocycles. The van der Waals surface area contributed by atoms with Crippen LogP contribution in [0.4, 0.5) is 11.6 Å². The Morgan fingerprint density at radius 1 is 1.28 bits per heavy atom. The Morgan fingerprint density at radius 2 is 2.08 bits per heavy atom. The number of fused-ring (bicyclic) bond motifs is 1. The highest BCUT2D eigenvalue weighted by Crippen LogP contribution is 2.20. The van der Waals surface area contributed by atoms with E-state index >= 15 is 0 Å². The number of halogens is 1. The van der Waals surface area contributed by atoms with Crippen LogP contribution in [0.5, 0.6) is 0 Å². The van der Waals surface area contributed by atoms with E-state index in [1.807, 2.05) is 53.1 Å². The first-order valence-electron chi connectivity index (χ1n) is 7.95. The van der Waals surface area contributed by atoms with E-state index in [-0.39, 0.29) is 12.5 Å². The number of hydrogen-bond acceptors (Lipinski definition) is 4. The lowest BCUT2D eigenvalue weighted by Crippen LogP contribution is -2.22. The molecule has 130 valence electrons. The van der Waals surface area contributed by atoms with Gasteiger partial charge in [0.1, 0.15) is 6.54 Å². The minimum absolute atomic E-state index is 0.133. The number of anilines is 2. The van der Waals surface area contributed by atoms with E-state index in [0.717, 1.165) is 20.3 Å². The number of nitrogens with one attached hydrogen (secondary N) is 2. The highest BCUT2D eigenvalue weighted by Gasteiger charge is 2.14. The zero-order chi connectivity index (χ0) is 17.8. The molecule has 3 aromatic rings. The molecule has 0 aliphatic heterocycles. The Balaban J connectivity index is 1.83. The highest BCUT2D eigenvalue weighted by molar-refractivity contribution is 14.1. The van der Waals surface area contributed by atoms with Gasteiger partial charge in [0.25, 0.3) is 0 Å². The van der Waals surface area contributed by atoms with Gasteiger partial charge in [0.05, 0.1) is 17.1 Å². The van der Waals surface area contributed by atoms with Crippen molar-refractivity contribution < 1.29 is 9.90 Å². The Hall–Kier alpha value is -2.13. The smallest absolute Gasteiger partial charge is 0.244 e. The average molecular weight is 450 g/mol. The number of hydrogen-bond donors (Lipinski definition) is 3. The molecule has 0 saturated carbocycles. The van der Waals surface area contributed by atoms with Gasteiger partial charge in [0.15, 0.2) is 0 Å². The van der Waals surface area contributed by atoms with Crippen LogP contribution in [-0.2, 0) is 11.3 Å². The van der Waals surface area contributed by atoms with Gasteiger partial charge in [-0.1, -0.05) is 18.2 Å². The number of carbonyl (C=O) groups excluding carboxylic acids is 1. The Morgan fingerprint density at radius 3 is 2.84 bits per heavy atom. The van der Waals surface area contributed by atoms with Crippen molar-refractivity contribution in [3.05, 3.63) is 52.1 Å². The zero-order valence-electron chi connectivity index (χ0n) is 13.7. The van der Waals surface area contributed by atoms with E-state index in [2.05, 4.69) is 38.2 Å². The topological polar surface area (TPSA) is 79.2 Å². The molecule has 1 amide bonds. The van der Waals surface area contributed by atoms with Crippen LogP contribution in [0.2, 0.25) is 0 Å². The molecule has 0 spiro atoms.